The number of nitrogens with one attached hydrogen (secondary N) is 1. The lowest BCUT2D eigenvalue weighted by molar-refractivity contribution is 0.0311. The van der Waals surface area contributed by atoms with Crippen molar-refractivity contribution < 1.29 is 31.5 Å². The van der Waals surface area contributed by atoms with Crippen LogP contribution in [0.4, 0.5) is 18.9 Å². The number of anilines is 1. The summed E-state index contributed by atoms with van der Waals surface area (Å²) < 4.78 is 68.4. The molecular formula is C30H25ClF3NO4S. The van der Waals surface area contributed by atoms with Crippen LogP contribution in [0.3, 0.4) is 0 Å². The molecule has 0 heterocycles. The van der Waals surface area contributed by atoms with Crippen LogP contribution in [-0.4, -0.2) is 30.3 Å². The van der Waals surface area contributed by atoms with Crippen molar-refractivity contribution in [2.24, 2.45) is 17.8 Å². The maximum absolute atomic E-state index is 14.0. The van der Waals surface area contributed by atoms with E-state index in [1.54, 1.807) is 0 Å². The van der Waals surface area contributed by atoms with E-state index in [1.807, 2.05) is 37.3 Å². The van der Waals surface area contributed by atoms with Gasteiger partial charge in [0, 0.05) is 28.9 Å². The minimum absolute atomic E-state index is 0.00542. The average molecular weight is 588 g/mol. The Hall–Kier alpha value is -3.32. The van der Waals surface area contributed by atoms with Gasteiger partial charge in [0.15, 0.2) is 27.3 Å². The Morgan fingerprint density at radius 1 is 1.05 bits per heavy atom. The van der Waals surface area contributed by atoms with Crippen molar-refractivity contribution >= 4 is 33.0 Å². The van der Waals surface area contributed by atoms with Crippen LogP contribution in [0.15, 0.2) is 65.6 Å². The van der Waals surface area contributed by atoms with E-state index in [1.165, 1.54) is 12.1 Å². The predicted octanol–water partition coefficient (Wildman–Crippen LogP) is 6.00. The molecule has 10 heteroatoms. The molecule has 0 saturated heterocycles. The fraction of sp³-hybridized carbons (Fsp3) is 0.300. The Kier molecular flexibility index (Phi) is 7.47. The molecule has 2 bridgehead atoms. The van der Waals surface area contributed by atoms with Gasteiger partial charge in [-0.1, -0.05) is 48.6 Å². The molecular weight excluding hydrogens is 563 g/mol. The standard InChI is InChI=1S/C30H25ClF3NO4S/c1-17-11-20-15-30(37,10-9-18-5-3-2-4-6-18)16-22(17)28(20)40(38,39)26-12-19(7-8-23(26)31)29(36)35-21-13-24(32)27(34)25(33)14-21/h2-8,12-14,17,20,22,28,37H,11,15-16H2,1H3,(H,35,36)/t17-,20+,22?,28?,30?/m1/s1. The van der Waals surface area contributed by atoms with Crippen molar-refractivity contribution in [2.45, 2.75) is 41.9 Å². The second kappa shape index (κ2) is 10.6. The van der Waals surface area contributed by atoms with Crippen LogP contribution in [0, 0.1) is 47.0 Å². The van der Waals surface area contributed by atoms with Crippen molar-refractivity contribution in [3.63, 3.8) is 0 Å². The van der Waals surface area contributed by atoms with Gasteiger partial charge in [-0.15, -0.1) is 0 Å². The number of hydrogen-bond donors (Lipinski definition) is 2. The molecule has 2 fully saturated rings. The molecule has 40 heavy (non-hydrogen) atoms. The average Bonchev–Trinajstić information content (AvgIpc) is 3.13. The third-order valence-corrected chi connectivity index (χ3v) is 10.6. The highest BCUT2D eigenvalue weighted by molar-refractivity contribution is 7.92. The fourth-order valence-electron chi connectivity index (χ4n) is 6.02. The van der Waals surface area contributed by atoms with Crippen molar-refractivity contribution in [2.75, 3.05) is 5.32 Å². The van der Waals surface area contributed by atoms with Gasteiger partial charge < -0.3 is 10.4 Å². The summed E-state index contributed by atoms with van der Waals surface area (Å²) in [5.41, 5.74) is -1.04. The number of aliphatic hydroxyl groups is 1. The Morgan fingerprint density at radius 3 is 2.38 bits per heavy atom. The molecule has 0 aromatic heterocycles. The molecule has 0 aliphatic heterocycles. The Balaban J connectivity index is 1.42. The molecule has 5 atom stereocenters. The number of sulfone groups is 1. The quantitative estimate of drug-likeness (QED) is 0.290. The first-order valence-electron chi connectivity index (χ1n) is 12.7. The number of carbonyl (C=O) groups excluding carboxylic acids is 1. The third-order valence-electron chi connectivity index (χ3n) is 7.78. The Labute approximate surface area is 235 Å². The normalized spacial score (nSPS) is 25.6. The van der Waals surface area contributed by atoms with E-state index in [0.29, 0.717) is 18.6 Å². The molecule has 5 nitrogen and oxygen atoms in total. The molecule has 2 aliphatic rings. The number of amides is 1. The van der Waals surface area contributed by atoms with E-state index in [0.717, 1.165) is 11.6 Å². The molecule has 3 unspecified atom stereocenters. The van der Waals surface area contributed by atoms with Crippen LogP contribution < -0.4 is 5.32 Å². The van der Waals surface area contributed by atoms with E-state index in [2.05, 4.69) is 17.2 Å². The summed E-state index contributed by atoms with van der Waals surface area (Å²) in [4.78, 5) is 12.6. The van der Waals surface area contributed by atoms with Crippen molar-refractivity contribution in [1.82, 2.24) is 0 Å². The van der Waals surface area contributed by atoms with Gasteiger partial charge in [0.25, 0.3) is 5.91 Å². The zero-order valence-corrected chi connectivity index (χ0v) is 22.9. The highest BCUT2D eigenvalue weighted by Gasteiger charge is 2.56. The van der Waals surface area contributed by atoms with Crippen LogP contribution in [0.1, 0.15) is 42.1 Å². The Morgan fingerprint density at radius 2 is 1.73 bits per heavy atom. The van der Waals surface area contributed by atoms with Gasteiger partial charge in [-0.2, -0.15) is 0 Å². The lowest BCUT2D eigenvalue weighted by atomic mass is 9.76. The van der Waals surface area contributed by atoms with E-state index < -0.39 is 50.0 Å². The molecule has 3 aromatic carbocycles. The molecule has 0 spiro atoms. The number of hydrogen-bond acceptors (Lipinski definition) is 4. The summed E-state index contributed by atoms with van der Waals surface area (Å²) in [5, 5.41) is 12.7. The summed E-state index contributed by atoms with van der Waals surface area (Å²) >= 11 is 6.33. The zero-order valence-electron chi connectivity index (χ0n) is 21.3. The summed E-state index contributed by atoms with van der Waals surface area (Å²) in [7, 11) is -4.07. The molecule has 208 valence electrons. The van der Waals surface area contributed by atoms with Gasteiger partial charge in [0.05, 0.1) is 15.2 Å². The summed E-state index contributed by atoms with van der Waals surface area (Å²) in [5.74, 6) is -0.290. The van der Waals surface area contributed by atoms with Crippen LogP contribution >= 0.6 is 11.6 Å². The smallest absolute Gasteiger partial charge is 0.255 e. The molecule has 2 saturated carbocycles. The SMILES string of the molecule is C[C@@H]1C[C@H]2CC(O)(C#Cc3ccccc3)CC1C2S(=O)(=O)c1cc(C(=O)Nc2cc(F)c(F)c(F)c2)ccc1Cl. The molecule has 5 rings (SSSR count). The number of rotatable bonds is 4. The largest absolute Gasteiger partial charge is 0.378 e. The van der Waals surface area contributed by atoms with Crippen molar-refractivity contribution in [3.8, 4) is 11.8 Å². The first-order chi connectivity index (χ1) is 18.9. The number of halogens is 4. The second-order valence-corrected chi connectivity index (χ2v) is 13.0. The van der Waals surface area contributed by atoms with Crippen LogP contribution in [0.5, 0.6) is 0 Å². The minimum Gasteiger partial charge on any atom is -0.378 e. The molecule has 3 aromatic rings. The van der Waals surface area contributed by atoms with Crippen LogP contribution in [0.2, 0.25) is 5.02 Å². The second-order valence-electron chi connectivity index (χ2n) is 10.6. The van der Waals surface area contributed by atoms with E-state index >= 15 is 0 Å². The first kappa shape index (κ1) is 28.2. The first-order valence-corrected chi connectivity index (χ1v) is 14.6. The Bertz CT molecular complexity index is 1630. The maximum Gasteiger partial charge on any atom is 0.255 e. The van der Waals surface area contributed by atoms with Gasteiger partial charge >= 0.3 is 0 Å². The van der Waals surface area contributed by atoms with E-state index in [4.69, 9.17) is 11.6 Å². The van der Waals surface area contributed by atoms with Gasteiger partial charge in [-0.25, -0.2) is 21.6 Å². The highest BCUT2D eigenvalue weighted by Crippen LogP contribution is 2.53. The van der Waals surface area contributed by atoms with Crippen molar-refractivity contribution in [1.29, 1.82) is 0 Å². The fourth-order valence-corrected chi connectivity index (χ4v) is 8.92. The van der Waals surface area contributed by atoms with Gasteiger partial charge in [0.1, 0.15) is 5.60 Å². The third kappa shape index (κ3) is 5.36. The molecule has 2 N–H and O–H groups in total. The summed E-state index contributed by atoms with van der Waals surface area (Å²) in [6.45, 7) is 1.95. The van der Waals surface area contributed by atoms with Gasteiger partial charge in [-0.05, 0) is 67.3 Å². The van der Waals surface area contributed by atoms with Gasteiger partial charge in [-0.3, -0.25) is 4.79 Å². The maximum atomic E-state index is 14.0. The van der Waals surface area contributed by atoms with E-state index in [-0.39, 0.29) is 45.8 Å². The van der Waals surface area contributed by atoms with Crippen molar-refractivity contribution in [3.05, 3.63) is 94.3 Å². The number of carbonyl (C=O) groups is 1. The molecule has 0 radical (unpaired) electrons. The summed E-state index contributed by atoms with van der Waals surface area (Å²) in [6.07, 6.45) is 0.939. The summed E-state index contributed by atoms with van der Waals surface area (Å²) in [6, 6.07) is 14.1. The topological polar surface area (TPSA) is 83.5 Å². The lowest BCUT2D eigenvalue weighted by Gasteiger charge is -2.38. The predicted molar refractivity (Wildman–Crippen MR) is 145 cm³/mol. The molecule has 2 aliphatic carbocycles. The lowest BCUT2D eigenvalue weighted by Crippen LogP contribution is -2.46. The minimum atomic E-state index is -4.07. The van der Waals surface area contributed by atoms with E-state index in [9.17, 15) is 31.5 Å². The highest BCUT2D eigenvalue weighted by atomic mass is 35.5. The van der Waals surface area contributed by atoms with Crippen LogP contribution in [0.25, 0.3) is 0 Å². The number of benzene rings is 3. The van der Waals surface area contributed by atoms with Crippen LogP contribution in [-0.2, 0) is 9.84 Å². The monoisotopic (exact) mass is 587 g/mol. The zero-order chi connectivity index (χ0) is 28.8. The molecule has 1 amide bonds. The van der Waals surface area contributed by atoms with Gasteiger partial charge in [0.2, 0.25) is 0 Å². The number of fused-ring (bicyclic) bond motifs is 2.